The van der Waals surface area contributed by atoms with Crippen molar-refractivity contribution in [3.63, 3.8) is 0 Å². The number of aromatic nitrogens is 4. The van der Waals surface area contributed by atoms with Crippen molar-refractivity contribution < 1.29 is 9.53 Å². The number of methoxy groups -OCH3 is 1. The Morgan fingerprint density at radius 1 is 1.03 bits per heavy atom. The van der Waals surface area contributed by atoms with Crippen LogP contribution in [0.4, 0.5) is 5.69 Å². The molecule has 0 spiro atoms. The molecule has 0 radical (unpaired) electrons. The number of aryl methyl sites for hydroxylation is 1. The highest BCUT2D eigenvalue weighted by atomic mass is 32.2. The van der Waals surface area contributed by atoms with Crippen LogP contribution >= 0.6 is 11.8 Å². The fourth-order valence-corrected chi connectivity index (χ4v) is 4.39. The number of anilines is 1. The van der Waals surface area contributed by atoms with E-state index >= 15 is 0 Å². The van der Waals surface area contributed by atoms with E-state index in [0.29, 0.717) is 24.1 Å². The van der Waals surface area contributed by atoms with E-state index in [2.05, 4.69) is 20.5 Å². The van der Waals surface area contributed by atoms with Crippen molar-refractivity contribution in [2.24, 2.45) is 0 Å². The highest BCUT2D eigenvalue weighted by Gasteiger charge is 2.26. The van der Waals surface area contributed by atoms with Crippen LogP contribution in [0, 0.1) is 6.92 Å². The molecule has 1 amide bonds. The molecule has 0 aliphatic carbocycles. The van der Waals surface area contributed by atoms with Crippen molar-refractivity contribution in [3.05, 3.63) is 90.3 Å². The summed E-state index contributed by atoms with van der Waals surface area (Å²) in [6.07, 6.45) is 3.44. The SMILES string of the molecule is COCCn1c(SC(C(=O)Nc2ccc(C)cc2)c2ccccc2)nnc1-c1ccncc1. The second kappa shape index (κ2) is 10.9. The van der Waals surface area contributed by atoms with E-state index in [9.17, 15) is 4.79 Å². The Balaban J connectivity index is 1.66. The smallest absolute Gasteiger partial charge is 0.242 e. The molecule has 1 unspecified atom stereocenters. The summed E-state index contributed by atoms with van der Waals surface area (Å²) in [7, 11) is 1.66. The molecule has 1 N–H and O–H groups in total. The second-order valence-electron chi connectivity index (χ2n) is 7.45. The van der Waals surface area contributed by atoms with Gasteiger partial charge in [-0.3, -0.25) is 14.3 Å². The Morgan fingerprint density at radius 3 is 2.45 bits per heavy atom. The van der Waals surface area contributed by atoms with Gasteiger partial charge in [0.05, 0.1) is 13.2 Å². The third kappa shape index (κ3) is 5.66. The van der Waals surface area contributed by atoms with Crippen molar-refractivity contribution in [1.29, 1.82) is 0 Å². The summed E-state index contributed by atoms with van der Waals surface area (Å²) >= 11 is 1.37. The number of carbonyl (C=O) groups is 1. The van der Waals surface area contributed by atoms with Gasteiger partial charge in [0, 0.05) is 30.8 Å². The average Bonchev–Trinajstić information content (AvgIpc) is 3.26. The average molecular weight is 460 g/mol. The molecule has 33 heavy (non-hydrogen) atoms. The van der Waals surface area contributed by atoms with Gasteiger partial charge in [0.1, 0.15) is 5.25 Å². The number of nitrogens with zero attached hydrogens (tertiary/aromatic N) is 4. The molecule has 2 aromatic heterocycles. The van der Waals surface area contributed by atoms with Gasteiger partial charge < -0.3 is 10.1 Å². The first-order chi connectivity index (χ1) is 16.2. The van der Waals surface area contributed by atoms with Crippen molar-refractivity contribution in [1.82, 2.24) is 19.7 Å². The van der Waals surface area contributed by atoms with E-state index in [-0.39, 0.29) is 5.91 Å². The van der Waals surface area contributed by atoms with Gasteiger partial charge in [0.2, 0.25) is 5.91 Å². The Morgan fingerprint density at radius 2 is 1.76 bits per heavy atom. The quantitative estimate of drug-likeness (QED) is 0.363. The number of pyridine rings is 1. The summed E-state index contributed by atoms with van der Waals surface area (Å²) in [5, 5.41) is 12.0. The molecular weight excluding hydrogens is 434 g/mol. The zero-order valence-electron chi connectivity index (χ0n) is 18.5. The zero-order chi connectivity index (χ0) is 23.0. The van der Waals surface area contributed by atoms with Gasteiger partial charge >= 0.3 is 0 Å². The highest BCUT2D eigenvalue weighted by molar-refractivity contribution is 8.00. The lowest BCUT2D eigenvalue weighted by atomic mass is 10.1. The molecule has 4 rings (SSSR count). The number of benzene rings is 2. The predicted molar refractivity (Wildman–Crippen MR) is 130 cm³/mol. The zero-order valence-corrected chi connectivity index (χ0v) is 19.3. The molecular formula is C25H25N5O2S. The Bertz CT molecular complexity index is 1180. The van der Waals surface area contributed by atoms with E-state index in [4.69, 9.17) is 4.74 Å². The predicted octanol–water partition coefficient (Wildman–Crippen LogP) is 4.77. The van der Waals surface area contributed by atoms with Crippen molar-refractivity contribution in [2.45, 2.75) is 23.9 Å². The Hall–Kier alpha value is -3.49. The van der Waals surface area contributed by atoms with Gasteiger partial charge in [-0.2, -0.15) is 0 Å². The molecule has 0 saturated heterocycles. The molecule has 0 bridgehead atoms. The number of rotatable bonds is 9. The second-order valence-corrected chi connectivity index (χ2v) is 8.52. The molecule has 2 aromatic carbocycles. The molecule has 2 heterocycles. The first-order valence-corrected chi connectivity index (χ1v) is 11.5. The molecule has 168 valence electrons. The molecule has 8 heteroatoms. The van der Waals surface area contributed by atoms with Crippen LogP contribution in [0.3, 0.4) is 0 Å². The van der Waals surface area contributed by atoms with Gasteiger partial charge in [0.25, 0.3) is 0 Å². The number of hydrogen-bond acceptors (Lipinski definition) is 6. The van der Waals surface area contributed by atoms with E-state index in [1.807, 2.05) is 78.2 Å². The maximum atomic E-state index is 13.4. The topological polar surface area (TPSA) is 81.9 Å². The number of carbonyl (C=O) groups excluding carboxylic acids is 1. The molecule has 0 aliphatic heterocycles. The van der Waals surface area contributed by atoms with Crippen molar-refractivity contribution in [2.75, 3.05) is 19.0 Å². The van der Waals surface area contributed by atoms with Crippen LogP contribution < -0.4 is 5.32 Å². The highest BCUT2D eigenvalue weighted by Crippen LogP contribution is 2.36. The lowest BCUT2D eigenvalue weighted by Gasteiger charge is -2.18. The van der Waals surface area contributed by atoms with Crippen LogP contribution in [0.5, 0.6) is 0 Å². The standard InChI is InChI=1S/C25H25N5O2S/c1-18-8-10-21(11-9-18)27-24(31)22(19-6-4-3-5-7-19)33-25-29-28-23(30(25)16-17-32-2)20-12-14-26-15-13-20/h3-15,22H,16-17H2,1-2H3,(H,27,31). The summed E-state index contributed by atoms with van der Waals surface area (Å²) in [6, 6.07) is 21.2. The van der Waals surface area contributed by atoms with Crippen molar-refractivity contribution in [3.8, 4) is 11.4 Å². The normalized spacial score (nSPS) is 11.8. The Labute approximate surface area is 197 Å². The molecule has 4 aromatic rings. The van der Waals surface area contributed by atoms with Gasteiger partial charge in [-0.05, 0) is 36.8 Å². The minimum Gasteiger partial charge on any atom is -0.383 e. The lowest BCUT2D eigenvalue weighted by molar-refractivity contribution is -0.115. The molecule has 0 aliphatic rings. The maximum absolute atomic E-state index is 13.4. The van der Waals surface area contributed by atoms with E-state index in [0.717, 1.165) is 22.4 Å². The number of hydrogen-bond donors (Lipinski definition) is 1. The number of ether oxygens (including phenoxy) is 1. The summed E-state index contributed by atoms with van der Waals surface area (Å²) in [5.74, 6) is 0.588. The van der Waals surface area contributed by atoms with Crippen LogP contribution in [-0.4, -0.2) is 39.4 Å². The third-order valence-corrected chi connectivity index (χ3v) is 6.29. The van der Waals surface area contributed by atoms with Crippen LogP contribution in [0.1, 0.15) is 16.4 Å². The number of amides is 1. The summed E-state index contributed by atoms with van der Waals surface area (Å²) in [6.45, 7) is 3.07. The number of nitrogens with one attached hydrogen (secondary N) is 1. The molecule has 7 nitrogen and oxygen atoms in total. The van der Waals surface area contributed by atoms with Gasteiger partial charge in [-0.1, -0.05) is 59.8 Å². The Kier molecular flexibility index (Phi) is 7.49. The van der Waals surface area contributed by atoms with E-state index in [1.165, 1.54) is 11.8 Å². The van der Waals surface area contributed by atoms with Gasteiger partial charge in [-0.25, -0.2) is 0 Å². The monoisotopic (exact) mass is 459 g/mol. The summed E-state index contributed by atoms with van der Waals surface area (Å²) in [4.78, 5) is 17.5. The van der Waals surface area contributed by atoms with Crippen LogP contribution in [-0.2, 0) is 16.1 Å². The van der Waals surface area contributed by atoms with Crippen LogP contribution in [0.15, 0.2) is 84.3 Å². The lowest BCUT2D eigenvalue weighted by Crippen LogP contribution is -2.20. The maximum Gasteiger partial charge on any atom is 0.242 e. The fourth-order valence-electron chi connectivity index (χ4n) is 3.33. The first-order valence-electron chi connectivity index (χ1n) is 10.6. The third-order valence-electron chi connectivity index (χ3n) is 5.06. The minimum absolute atomic E-state index is 0.123. The number of thioether (sulfide) groups is 1. The minimum atomic E-state index is -0.511. The fraction of sp³-hybridized carbons (Fsp3) is 0.200. The molecule has 0 saturated carbocycles. The molecule has 0 fully saturated rings. The van der Waals surface area contributed by atoms with Crippen LogP contribution in [0.25, 0.3) is 11.4 Å². The molecule has 1 atom stereocenters. The van der Waals surface area contributed by atoms with Gasteiger partial charge in [0.15, 0.2) is 11.0 Å². The van der Waals surface area contributed by atoms with Crippen molar-refractivity contribution >= 4 is 23.4 Å². The largest absolute Gasteiger partial charge is 0.383 e. The first kappa shape index (κ1) is 22.7. The van der Waals surface area contributed by atoms with E-state index in [1.54, 1.807) is 19.5 Å². The summed E-state index contributed by atoms with van der Waals surface area (Å²) < 4.78 is 7.29. The van der Waals surface area contributed by atoms with Gasteiger partial charge in [-0.15, -0.1) is 10.2 Å². The van der Waals surface area contributed by atoms with E-state index < -0.39 is 5.25 Å². The van der Waals surface area contributed by atoms with Crippen LogP contribution in [0.2, 0.25) is 0 Å². The summed E-state index contributed by atoms with van der Waals surface area (Å²) in [5.41, 5.74) is 3.68.